The molecule has 5 heteroatoms. The molecule has 0 fully saturated rings. The number of halogens is 1. The third-order valence-electron chi connectivity index (χ3n) is 4.21. The summed E-state index contributed by atoms with van der Waals surface area (Å²) < 4.78 is 9.49. The fraction of sp³-hybridized carbons (Fsp3) is 0.391. The van der Waals surface area contributed by atoms with E-state index in [1.807, 2.05) is 19.9 Å². The lowest BCUT2D eigenvalue weighted by molar-refractivity contribution is 0.0792. The maximum Gasteiger partial charge on any atom is 0.138 e. The van der Waals surface area contributed by atoms with Crippen LogP contribution in [0.5, 0.6) is 5.75 Å². The SMILES string of the molecule is CC(C)(O)Cc1cc2cc(OSC(C)(C)C)ccc2n1Cc1ccc(I)cc1. The highest BCUT2D eigenvalue weighted by atomic mass is 127. The second-order valence-corrected chi connectivity index (χ2v) is 11.6. The van der Waals surface area contributed by atoms with E-state index in [1.165, 1.54) is 21.2 Å². The minimum atomic E-state index is -0.764. The smallest absolute Gasteiger partial charge is 0.138 e. The van der Waals surface area contributed by atoms with Crippen LogP contribution in [0.15, 0.2) is 48.5 Å². The van der Waals surface area contributed by atoms with E-state index in [1.54, 1.807) is 0 Å². The fourth-order valence-corrected chi connectivity index (χ4v) is 3.89. The number of nitrogens with zero attached hydrogens (tertiary/aromatic N) is 1. The van der Waals surface area contributed by atoms with Crippen molar-refractivity contribution in [3.8, 4) is 5.75 Å². The lowest BCUT2D eigenvalue weighted by atomic mass is 10.0. The zero-order valence-corrected chi connectivity index (χ0v) is 20.1. The minimum absolute atomic E-state index is 0.0395. The summed E-state index contributed by atoms with van der Waals surface area (Å²) in [7, 11) is 0. The van der Waals surface area contributed by atoms with Crippen molar-refractivity contribution >= 4 is 45.5 Å². The molecular formula is C23H28INO2S. The monoisotopic (exact) mass is 509 g/mol. The van der Waals surface area contributed by atoms with Gasteiger partial charge in [-0.25, -0.2) is 0 Å². The highest BCUT2D eigenvalue weighted by Gasteiger charge is 2.19. The van der Waals surface area contributed by atoms with Gasteiger partial charge in [0.25, 0.3) is 0 Å². The average Bonchev–Trinajstić information content (AvgIpc) is 2.89. The van der Waals surface area contributed by atoms with Crippen LogP contribution < -0.4 is 4.18 Å². The molecule has 150 valence electrons. The number of fused-ring (bicyclic) bond motifs is 1. The van der Waals surface area contributed by atoms with E-state index in [2.05, 4.69) is 90.4 Å². The number of aromatic nitrogens is 1. The average molecular weight is 509 g/mol. The molecule has 2 aromatic carbocycles. The topological polar surface area (TPSA) is 34.4 Å². The lowest BCUT2D eigenvalue weighted by Gasteiger charge is -2.19. The molecule has 0 aliphatic carbocycles. The van der Waals surface area contributed by atoms with Crippen molar-refractivity contribution in [3.05, 3.63) is 63.4 Å². The van der Waals surface area contributed by atoms with Gasteiger partial charge in [0.15, 0.2) is 0 Å². The maximum absolute atomic E-state index is 10.4. The van der Waals surface area contributed by atoms with Crippen LogP contribution in [0.4, 0.5) is 0 Å². The molecule has 0 aliphatic heterocycles. The van der Waals surface area contributed by atoms with Crippen molar-refractivity contribution in [2.75, 3.05) is 0 Å². The molecule has 1 N–H and O–H groups in total. The summed E-state index contributed by atoms with van der Waals surface area (Å²) in [6.45, 7) is 10.9. The van der Waals surface area contributed by atoms with E-state index in [0.717, 1.165) is 28.9 Å². The quantitative estimate of drug-likeness (QED) is 0.307. The normalized spacial score (nSPS) is 12.5. The molecule has 1 heterocycles. The summed E-state index contributed by atoms with van der Waals surface area (Å²) in [6.07, 6.45) is 0.596. The Morgan fingerprint density at radius 2 is 1.68 bits per heavy atom. The van der Waals surface area contributed by atoms with Gasteiger partial charge >= 0.3 is 0 Å². The standard InChI is InChI=1S/C23H28INO2S/c1-22(2,3)28-27-20-10-11-21-17(13-20)12-19(14-23(4,5)26)25(21)15-16-6-8-18(24)9-7-16/h6-13,26H,14-15H2,1-5H3. The molecule has 0 aliphatic rings. The molecule has 0 unspecified atom stereocenters. The van der Waals surface area contributed by atoms with E-state index >= 15 is 0 Å². The fourth-order valence-electron chi connectivity index (χ4n) is 3.08. The van der Waals surface area contributed by atoms with Crippen LogP contribution in [0, 0.1) is 3.57 Å². The number of rotatable bonds is 6. The summed E-state index contributed by atoms with van der Waals surface area (Å²) >= 11 is 3.80. The van der Waals surface area contributed by atoms with E-state index in [-0.39, 0.29) is 4.75 Å². The van der Waals surface area contributed by atoms with Crippen molar-refractivity contribution in [2.45, 2.75) is 57.9 Å². The van der Waals surface area contributed by atoms with E-state index in [4.69, 9.17) is 4.18 Å². The van der Waals surface area contributed by atoms with Crippen molar-refractivity contribution in [1.29, 1.82) is 0 Å². The molecule has 0 saturated heterocycles. The first-order valence-corrected chi connectivity index (χ1v) is 11.3. The number of benzene rings is 2. The molecule has 0 spiro atoms. The molecule has 3 nitrogen and oxygen atoms in total. The summed E-state index contributed by atoms with van der Waals surface area (Å²) in [6, 6.07) is 17.0. The van der Waals surface area contributed by atoms with Gasteiger partial charge in [0.1, 0.15) is 5.75 Å². The molecular weight excluding hydrogens is 481 g/mol. The van der Waals surface area contributed by atoms with Gasteiger partial charge < -0.3 is 13.9 Å². The van der Waals surface area contributed by atoms with Crippen LogP contribution in [0.25, 0.3) is 10.9 Å². The number of aliphatic hydroxyl groups is 1. The second kappa shape index (κ2) is 8.28. The molecule has 0 radical (unpaired) electrons. The van der Waals surface area contributed by atoms with E-state index < -0.39 is 5.60 Å². The van der Waals surface area contributed by atoms with Gasteiger partial charge in [-0.2, -0.15) is 0 Å². The molecule has 0 atom stereocenters. The van der Waals surface area contributed by atoms with Crippen molar-refractivity contribution in [2.24, 2.45) is 0 Å². The largest absolute Gasteiger partial charge is 0.425 e. The molecule has 1 aromatic heterocycles. The van der Waals surface area contributed by atoms with Gasteiger partial charge in [0.05, 0.1) is 17.6 Å². The third kappa shape index (κ3) is 5.91. The Balaban J connectivity index is 1.98. The first-order chi connectivity index (χ1) is 13.0. The maximum atomic E-state index is 10.4. The van der Waals surface area contributed by atoms with Crippen LogP contribution in [-0.4, -0.2) is 20.0 Å². The molecule has 3 aromatic rings. The Kier molecular flexibility index (Phi) is 6.37. The number of hydrogen-bond donors (Lipinski definition) is 1. The summed E-state index contributed by atoms with van der Waals surface area (Å²) in [5.74, 6) is 0.855. The second-order valence-electron chi connectivity index (χ2n) is 8.84. The van der Waals surface area contributed by atoms with Crippen LogP contribution in [0.3, 0.4) is 0 Å². The predicted octanol–water partition coefficient (Wildman–Crippen LogP) is 6.43. The Bertz CT molecular complexity index is 950. The lowest BCUT2D eigenvalue weighted by Crippen LogP contribution is -2.23. The van der Waals surface area contributed by atoms with Gasteiger partial charge in [-0.3, -0.25) is 0 Å². The van der Waals surface area contributed by atoms with Gasteiger partial charge in [-0.05, 0) is 99.2 Å². The van der Waals surface area contributed by atoms with Crippen LogP contribution in [-0.2, 0) is 13.0 Å². The predicted molar refractivity (Wildman–Crippen MR) is 128 cm³/mol. The van der Waals surface area contributed by atoms with E-state index in [0.29, 0.717) is 6.42 Å². The highest BCUT2D eigenvalue weighted by Crippen LogP contribution is 2.32. The Hall–Kier alpha value is -1.18. The Morgan fingerprint density at radius 1 is 1.00 bits per heavy atom. The van der Waals surface area contributed by atoms with Gasteiger partial charge in [-0.1, -0.05) is 12.1 Å². The molecule has 28 heavy (non-hydrogen) atoms. The third-order valence-corrected chi connectivity index (χ3v) is 5.71. The van der Waals surface area contributed by atoms with Crippen molar-refractivity contribution < 1.29 is 9.29 Å². The zero-order chi connectivity index (χ0) is 20.5. The van der Waals surface area contributed by atoms with Crippen LogP contribution in [0.2, 0.25) is 0 Å². The van der Waals surface area contributed by atoms with Crippen molar-refractivity contribution in [1.82, 2.24) is 4.57 Å². The summed E-state index contributed by atoms with van der Waals surface area (Å²) in [5.41, 5.74) is 2.77. The van der Waals surface area contributed by atoms with Crippen molar-refractivity contribution in [3.63, 3.8) is 0 Å². The van der Waals surface area contributed by atoms with E-state index in [9.17, 15) is 5.11 Å². The molecule has 3 rings (SSSR count). The Morgan fingerprint density at radius 3 is 2.29 bits per heavy atom. The summed E-state index contributed by atoms with van der Waals surface area (Å²) in [5, 5.41) is 11.5. The first-order valence-electron chi connectivity index (χ1n) is 9.45. The number of hydrogen-bond acceptors (Lipinski definition) is 3. The van der Waals surface area contributed by atoms with Crippen LogP contribution >= 0.6 is 34.6 Å². The molecule has 0 bridgehead atoms. The zero-order valence-electron chi connectivity index (χ0n) is 17.1. The summed E-state index contributed by atoms with van der Waals surface area (Å²) in [4.78, 5) is 0. The Labute approximate surface area is 185 Å². The van der Waals surface area contributed by atoms with Gasteiger partial charge in [0, 0.05) is 37.9 Å². The molecule has 0 amide bonds. The van der Waals surface area contributed by atoms with Gasteiger partial charge in [0.2, 0.25) is 0 Å². The highest BCUT2D eigenvalue weighted by molar-refractivity contribution is 14.1. The minimum Gasteiger partial charge on any atom is -0.425 e. The molecule has 0 saturated carbocycles. The first kappa shape index (κ1) is 21.5. The van der Waals surface area contributed by atoms with Crippen LogP contribution in [0.1, 0.15) is 45.9 Å². The van der Waals surface area contributed by atoms with Gasteiger partial charge in [-0.15, -0.1) is 0 Å².